The minimum Gasteiger partial charge on any atom is -0.476 e. The molecule has 1 aromatic heterocycles. The lowest BCUT2D eigenvalue weighted by Crippen LogP contribution is -2.21. The van der Waals surface area contributed by atoms with Crippen LogP contribution in [-0.2, 0) is 15.7 Å². The summed E-state index contributed by atoms with van der Waals surface area (Å²) < 4.78 is 47.1. The molecule has 18 heavy (non-hydrogen) atoms. The van der Waals surface area contributed by atoms with E-state index in [2.05, 4.69) is 9.72 Å². The fourth-order valence-corrected chi connectivity index (χ4v) is 1.19. The van der Waals surface area contributed by atoms with Crippen LogP contribution < -0.4 is 4.74 Å². The summed E-state index contributed by atoms with van der Waals surface area (Å²) in [5.41, 5.74) is -0.970. The van der Waals surface area contributed by atoms with Crippen LogP contribution in [0.3, 0.4) is 0 Å². The second-order valence-corrected chi connectivity index (χ2v) is 3.59. The van der Waals surface area contributed by atoms with E-state index in [0.717, 1.165) is 6.07 Å². The Kier molecular flexibility index (Phi) is 4.52. The number of rotatable bonds is 4. The molecule has 0 bridgehead atoms. The lowest BCUT2D eigenvalue weighted by atomic mass is 10.2. The zero-order chi connectivity index (χ0) is 13.8. The van der Waals surface area contributed by atoms with Crippen molar-refractivity contribution in [3.63, 3.8) is 0 Å². The van der Waals surface area contributed by atoms with E-state index >= 15 is 0 Å². The Morgan fingerprint density at radius 2 is 2.17 bits per heavy atom. The quantitative estimate of drug-likeness (QED) is 0.782. The highest BCUT2D eigenvalue weighted by Crippen LogP contribution is 2.34. The van der Waals surface area contributed by atoms with Crippen molar-refractivity contribution in [3.8, 4) is 5.88 Å². The number of hydrogen-bond donors (Lipinski definition) is 0. The standard InChI is InChI=1S/C11H12F3NO3/c1-7(10(16)17-2)6-18-9-8(11(12,13)14)4-3-5-15-9/h3-5,7H,6H2,1-2H3. The fraction of sp³-hybridized carbons (Fsp3) is 0.455. The number of aromatic nitrogens is 1. The number of esters is 1. The summed E-state index contributed by atoms with van der Waals surface area (Å²) in [6.07, 6.45) is -3.36. The van der Waals surface area contributed by atoms with Crippen LogP contribution in [0.5, 0.6) is 5.88 Å². The van der Waals surface area contributed by atoms with Crippen LogP contribution in [0.15, 0.2) is 18.3 Å². The maximum Gasteiger partial charge on any atom is 0.421 e. The van der Waals surface area contributed by atoms with Gasteiger partial charge in [-0.25, -0.2) is 4.98 Å². The SMILES string of the molecule is COC(=O)C(C)COc1ncccc1C(F)(F)F. The van der Waals surface area contributed by atoms with Crippen LogP contribution in [0.1, 0.15) is 12.5 Å². The van der Waals surface area contributed by atoms with Gasteiger partial charge in [-0.1, -0.05) is 0 Å². The van der Waals surface area contributed by atoms with Gasteiger partial charge in [0.25, 0.3) is 0 Å². The van der Waals surface area contributed by atoms with Crippen molar-refractivity contribution < 1.29 is 27.4 Å². The van der Waals surface area contributed by atoms with Crippen LogP contribution in [-0.4, -0.2) is 24.7 Å². The summed E-state index contributed by atoms with van der Waals surface area (Å²) in [4.78, 5) is 14.6. The van der Waals surface area contributed by atoms with Crippen molar-refractivity contribution >= 4 is 5.97 Å². The third kappa shape index (κ3) is 3.61. The Balaban J connectivity index is 2.77. The van der Waals surface area contributed by atoms with Crippen molar-refractivity contribution in [1.82, 2.24) is 4.98 Å². The van der Waals surface area contributed by atoms with Gasteiger partial charge in [0.1, 0.15) is 12.2 Å². The number of alkyl halides is 3. The van der Waals surface area contributed by atoms with E-state index in [-0.39, 0.29) is 6.61 Å². The zero-order valence-electron chi connectivity index (χ0n) is 9.82. The fourth-order valence-electron chi connectivity index (χ4n) is 1.19. The van der Waals surface area contributed by atoms with Gasteiger partial charge in [0.15, 0.2) is 0 Å². The number of carbonyl (C=O) groups excluding carboxylic acids is 1. The first-order valence-electron chi connectivity index (χ1n) is 5.09. The molecule has 0 aromatic carbocycles. The lowest BCUT2D eigenvalue weighted by Gasteiger charge is -2.14. The molecule has 0 spiro atoms. The number of carbonyl (C=O) groups is 1. The molecule has 0 aliphatic carbocycles. The molecule has 1 unspecified atom stereocenters. The minimum atomic E-state index is -4.54. The highest BCUT2D eigenvalue weighted by Gasteiger charge is 2.35. The molecule has 0 amide bonds. The second-order valence-electron chi connectivity index (χ2n) is 3.59. The van der Waals surface area contributed by atoms with Gasteiger partial charge in [-0.2, -0.15) is 13.2 Å². The number of nitrogens with zero attached hydrogens (tertiary/aromatic N) is 1. The molecule has 0 aliphatic rings. The van der Waals surface area contributed by atoms with Gasteiger partial charge in [0.2, 0.25) is 5.88 Å². The van der Waals surface area contributed by atoms with Crippen LogP contribution in [0.2, 0.25) is 0 Å². The van der Waals surface area contributed by atoms with Gasteiger partial charge < -0.3 is 9.47 Å². The van der Waals surface area contributed by atoms with Crippen molar-refractivity contribution in [2.45, 2.75) is 13.1 Å². The van der Waals surface area contributed by atoms with Crippen molar-refractivity contribution in [2.24, 2.45) is 5.92 Å². The molecule has 0 fully saturated rings. The van der Waals surface area contributed by atoms with Crippen LogP contribution >= 0.6 is 0 Å². The predicted molar refractivity (Wildman–Crippen MR) is 55.9 cm³/mol. The smallest absolute Gasteiger partial charge is 0.421 e. The molecule has 0 N–H and O–H groups in total. The molecule has 100 valence electrons. The van der Waals surface area contributed by atoms with Crippen LogP contribution in [0, 0.1) is 5.92 Å². The Morgan fingerprint density at radius 1 is 1.50 bits per heavy atom. The molecule has 1 aromatic rings. The third-order valence-electron chi connectivity index (χ3n) is 2.15. The summed E-state index contributed by atoms with van der Waals surface area (Å²) in [6.45, 7) is 1.26. The Morgan fingerprint density at radius 3 is 2.72 bits per heavy atom. The number of methoxy groups -OCH3 is 1. The average molecular weight is 263 g/mol. The normalized spacial score (nSPS) is 12.9. The van der Waals surface area contributed by atoms with Crippen LogP contribution in [0.25, 0.3) is 0 Å². The summed E-state index contributed by atoms with van der Waals surface area (Å²) in [5, 5.41) is 0. The molecule has 1 heterocycles. The molecule has 0 aliphatic heterocycles. The Labute approximate surface area is 102 Å². The number of hydrogen-bond acceptors (Lipinski definition) is 4. The van der Waals surface area contributed by atoms with Crippen molar-refractivity contribution in [3.05, 3.63) is 23.9 Å². The first kappa shape index (κ1) is 14.3. The van der Waals surface area contributed by atoms with Gasteiger partial charge in [-0.05, 0) is 19.1 Å². The number of halogens is 3. The average Bonchev–Trinajstić information content (AvgIpc) is 2.34. The third-order valence-corrected chi connectivity index (χ3v) is 2.15. The summed E-state index contributed by atoms with van der Waals surface area (Å²) in [7, 11) is 1.20. The Hall–Kier alpha value is -1.79. The molecule has 4 nitrogen and oxygen atoms in total. The first-order valence-corrected chi connectivity index (χ1v) is 5.09. The number of pyridine rings is 1. The molecular weight excluding hydrogens is 251 g/mol. The predicted octanol–water partition coefficient (Wildman–Crippen LogP) is 2.29. The molecule has 1 atom stereocenters. The van der Waals surface area contributed by atoms with E-state index in [0.29, 0.717) is 0 Å². The van der Waals surface area contributed by atoms with Crippen LogP contribution in [0.4, 0.5) is 13.2 Å². The molecule has 0 saturated carbocycles. The van der Waals surface area contributed by atoms with E-state index < -0.39 is 29.5 Å². The van der Waals surface area contributed by atoms with E-state index in [9.17, 15) is 18.0 Å². The second kappa shape index (κ2) is 5.70. The molecule has 1 rings (SSSR count). The summed E-state index contributed by atoms with van der Waals surface area (Å²) in [5.74, 6) is -1.77. The van der Waals surface area contributed by atoms with Gasteiger partial charge in [-0.15, -0.1) is 0 Å². The van der Waals surface area contributed by atoms with E-state index in [1.165, 1.54) is 26.3 Å². The van der Waals surface area contributed by atoms with Crippen molar-refractivity contribution in [1.29, 1.82) is 0 Å². The molecule has 7 heteroatoms. The van der Waals surface area contributed by atoms with Gasteiger partial charge >= 0.3 is 12.1 Å². The molecule has 0 radical (unpaired) electrons. The lowest BCUT2D eigenvalue weighted by molar-refractivity contribution is -0.146. The topological polar surface area (TPSA) is 48.4 Å². The maximum atomic E-state index is 12.6. The highest BCUT2D eigenvalue weighted by atomic mass is 19.4. The largest absolute Gasteiger partial charge is 0.476 e. The first-order chi connectivity index (χ1) is 8.36. The number of ether oxygens (including phenoxy) is 2. The molecule has 0 saturated heterocycles. The summed E-state index contributed by atoms with van der Waals surface area (Å²) in [6, 6.07) is 2.03. The highest BCUT2D eigenvalue weighted by molar-refractivity contribution is 5.71. The zero-order valence-corrected chi connectivity index (χ0v) is 9.82. The Bertz CT molecular complexity index is 420. The van der Waals surface area contributed by atoms with Gasteiger partial charge in [-0.3, -0.25) is 4.79 Å². The summed E-state index contributed by atoms with van der Waals surface area (Å²) >= 11 is 0. The van der Waals surface area contributed by atoms with Gasteiger partial charge in [0.05, 0.1) is 13.0 Å². The van der Waals surface area contributed by atoms with E-state index in [1.54, 1.807) is 0 Å². The molecular formula is C11H12F3NO3. The maximum absolute atomic E-state index is 12.6. The van der Waals surface area contributed by atoms with E-state index in [4.69, 9.17) is 4.74 Å². The monoisotopic (exact) mass is 263 g/mol. The van der Waals surface area contributed by atoms with E-state index in [1.807, 2.05) is 0 Å². The minimum absolute atomic E-state index is 0.229. The van der Waals surface area contributed by atoms with Gasteiger partial charge in [0, 0.05) is 6.20 Å². The van der Waals surface area contributed by atoms with Crippen molar-refractivity contribution in [2.75, 3.05) is 13.7 Å².